The zero-order valence-electron chi connectivity index (χ0n) is 9.68. The highest BCUT2D eigenvalue weighted by molar-refractivity contribution is 6.00. The number of hydrogen-bond donors (Lipinski definition) is 2. The number of carbonyl (C=O) groups is 2. The van der Waals surface area contributed by atoms with Crippen LogP contribution in [0.5, 0.6) is 0 Å². The Morgan fingerprint density at radius 2 is 1.12 bits per heavy atom. The van der Waals surface area contributed by atoms with E-state index in [2.05, 4.69) is 0 Å². The Hall–Kier alpha value is -1.40. The zero-order chi connectivity index (χ0) is 12.9. The predicted molar refractivity (Wildman–Crippen MR) is 55.2 cm³/mol. The van der Waals surface area contributed by atoms with E-state index in [0.29, 0.717) is 0 Å². The van der Waals surface area contributed by atoms with Crippen LogP contribution in [0, 0.1) is 0 Å². The van der Waals surface area contributed by atoms with Crippen LogP contribution in [0.1, 0.15) is 13.8 Å². The van der Waals surface area contributed by atoms with Gasteiger partial charge in [0.1, 0.15) is 0 Å². The molecule has 0 saturated heterocycles. The first kappa shape index (κ1) is 14.6. The van der Waals surface area contributed by atoms with Crippen LogP contribution in [0.2, 0.25) is 0 Å². The van der Waals surface area contributed by atoms with Crippen LogP contribution in [-0.2, 0) is 19.1 Å². The van der Waals surface area contributed by atoms with Gasteiger partial charge in [-0.2, -0.15) is 0 Å². The van der Waals surface area contributed by atoms with Gasteiger partial charge in [0.25, 0.3) is 0 Å². The van der Waals surface area contributed by atoms with Crippen molar-refractivity contribution in [2.45, 2.75) is 26.1 Å². The number of carboxylic acid groups (broad SMARTS) is 2. The summed E-state index contributed by atoms with van der Waals surface area (Å²) in [5, 5.41) is 18.0. The Balaban J connectivity index is 5.63. The molecule has 2 unspecified atom stereocenters. The molecule has 0 aliphatic rings. The van der Waals surface area contributed by atoms with Crippen molar-refractivity contribution in [2.75, 3.05) is 14.2 Å². The largest absolute Gasteiger partial charge is 0.478 e. The third-order valence-corrected chi connectivity index (χ3v) is 2.27. The fraction of sp³-hybridized carbons (Fsp3) is 0.600. The van der Waals surface area contributed by atoms with Crippen molar-refractivity contribution < 1.29 is 29.3 Å². The minimum absolute atomic E-state index is 0.302. The molecule has 0 amide bonds. The van der Waals surface area contributed by atoms with Gasteiger partial charge >= 0.3 is 11.9 Å². The van der Waals surface area contributed by atoms with Gasteiger partial charge in [-0.15, -0.1) is 0 Å². The number of carboxylic acids is 2. The average Bonchev–Trinajstić information content (AvgIpc) is 2.22. The second-order valence-electron chi connectivity index (χ2n) is 3.19. The lowest BCUT2D eigenvalue weighted by Gasteiger charge is -2.18. The minimum atomic E-state index is -1.32. The zero-order valence-corrected chi connectivity index (χ0v) is 9.68. The van der Waals surface area contributed by atoms with Gasteiger partial charge in [0.15, 0.2) is 0 Å². The summed E-state index contributed by atoms with van der Waals surface area (Å²) in [6.45, 7) is 2.93. The van der Waals surface area contributed by atoms with Gasteiger partial charge < -0.3 is 19.7 Å². The van der Waals surface area contributed by atoms with Crippen molar-refractivity contribution in [2.24, 2.45) is 0 Å². The summed E-state index contributed by atoms with van der Waals surface area (Å²) < 4.78 is 9.68. The highest BCUT2D eigenvalue weighted by atomic mass is 16.5. The van der Waals surface area contributed by atoms with E-state index < -0.39 is 24.1 Å². The van der Waals surface area contributed by atoms with Crippen LogP contribution < -0.4 is 0 Å². The van der Waals surface area contributed by atoms with Gasteiger partial charge in [-0.05, 0) is 13.8 Å². The minimum Gasteiger partial charge on any atom is -0.478 e. The molecule has 0 aromatic carbocycles. The summed E-state index contributed by atoms with van der Waals surface area (Å²) in [5.41, 5.74) is -0.603. The number of hydrogen-bond acceptors (Lipinski definition) is 4. The van der Waals surface area contributed by atoms with Crippen molar-refractivity contribution in [3.05, 3.63) is 11.1 Å². The van der Waals surface area contributed by atoms with E-state index in [0.717, 1.165) is 0 Å². The lowest BCUT2D eigenvalue weighted by atomic mass is 9.99. The van der Waals surface area contributed by atoms with Crippen LogP contribution in [0.4, 0.5) is 0 Å². The average molecular weight is 232 g/mol. The molecule has 0 saturated carbocycles. The summed E-state index contributed by atoms with van der Waals surface area (Å²) in [5.74, 6) is -2.65. The molecule has 6 nitrogen and oxygen atoms in total. The molecule has 0 spiro atoms. The first-order valence-electron chi connectivity index (χ1n) is 4.63. The van der Waals surface area contributed by atoms with Gasteiger partial charge in [0.05, 0.1) is 23.4 Å². The Morgan fingerprint density at radius 1 is 0.875 bits per heavy atom. The number of ether oxygens (including phenoxy) is 2. The van der Waals surface area contributed by atoms with Gasteiger partial charge in [-0.3, -0.25) is 0 Å². The third-order valence-electron chi connectivity index (χ3n) is 2.27. The Morgan fingerprint density at radius 3 is 1.25 bits per heavy atom. The van der Waals surface area contributed by atoms with Crippen LogP contribution >= 0.6 is 0 Å². The monoisotopic (exact) mass is 232 g/mol. The van der Waals surface area contributed by atoms with Crippen LogP contribution in [-0.4, -0.2) is 48.6 Å². The lowest BCUT2D eigenvalue weighted by Crippen LogP contribution is -2.27. The van der Waals surface area contributed by atoms with Gasteiger partial charge in [-0.25, -0.2) is 9.59 Å². The fourth-order valence-corrected chi connectivity index (χ4v) is 1.25. The fourth-order valence-electron chi connectivity index (χ4n) is 1.25. The van der Waals surface area contributed by atoms with Crippen molar-refractivity contribution in [3.8, 4) is 0 Å². The molecule has 2 atom stereocenters. The molecule has 0 radical (unpaired) electrons. The highest BCUT2D eigenvalue weighted by Crippen LogP contribution is 2.17. The van der Waals surface area contributed by atoms with E-state index >= 15 is 0 Å². The third kappa shape index (κ3) is 3.32. The SMILES string of the molecule is COC(C)C(C(=O)O)=C(C(=O)O)C(C)OC. The Bertz CT molecular complexity index is 276. The molecular formula is C10H16O6. The molecule has 0 aromatic rings. The number of aliphatic carboxylic acids is 2. The number of rotatable bonds is 6. The summed E-state index contributed by atoms with van der Waals surface area (Å²) >= 11 is 0. The van der Waals surface area contributed by atoms with Gasteiger partial charge in [0, 0.05) is 14.2 Å². The second-order valence-corrected chi connectivity index (χ2v) is 3.19. The quantitative estimate of drug-likeness (QED) is 0.648. The normalized spacial score (nSPS) is 16.2. The molecule has 16 heavy (non-hydrogen) atoms. The summed E-state index contributed by atoms with van der Waals surface area (Å²) in [4.78, 5) is 22.0. The maximum Gasteiger partial charge on any atom is 0.334 e. The van der Waals surface area contributed by atoms with E-state index in [9.17, 15) is 9.59 Å². The molecule has 2 N–H and O–H groups in total. The first-order chi connectivity index (χ1) is 7.36. The topological polar surface area (TPSA) is 93.1 Å². The van der Waals surface area contributed by atoms with Gasteiger partial charge in [-0.1, -0.05) is 0 Å². The first-order valence-corrected chi connectivity index (χ1v) is 4.63. The molecule has 92 valence electrons. The standard InChI is InChI=1S/C10H16O6/c1-5(15-3)7(9(11)12)8(10(13)14)6(2)16-4/h5-6H,1-4H3,(H,11,12)(H,13,14). The smallest absolute Gasteiger partial charge is 0.334 e. The lowest BCUT2D eigenvalue weighted by molar-refractivity contribution is -0.138. The Kier molecular flexibility index (Phi) is 5.69. The predicted octanol–water partition coefficient (Wildman–Crippen LogP) is 0.522. The van der Waals surface area contributed by atoms with Crippen molar-refractivity contribution >= 4 is 11.9 Å². The molecule has 0 fully saturated rings. The molecule has 0 aliphatic carbocycles. The summed E-state index contributed by atoms with van der Waals surface area (Å²) in [6.07, 6.45) is -1.64. The molecule has 0 heterocycles. The maximum absolute atomic E-state index is 11.0. The molecule has 0 rings (SSSR count). The molecule has 6 heteroatoms. The van der Waals surface area contributed by atoms with E-state index in [4.69, 9.17) is 19.7 Å². The Labute approximate surface area is 93.5 Å². The van der Waals surface area contributed by atoms with Crippen molar-refractivity contribution in [1.29, 1.82) is 0 Å². The molecule has 0 aromatic heterocycles. The van der Waals surface area contributed by atoms with Gasteiger partial charge in [0.2, 0.25) is 0 Å². The van der Waals surface area contributed by atoms with Crippen LogP contribution in [0.15, 0.2) is 11.1 Å². The maximum atomic E-state index is 11.0. The van der Waals surface area contributed by atoms with Crippen LogP contribution in [0.3, 0.4) is 0 Å². The van der Waals surface area contributed by atoms with E-state index in [1.54, 1.807) is 0 Å². The van der Waals surface area contributed by atoms with E-state index in [-0.39, 0.29) is 11.1 Å². The molecular weight excluding hydrogens is 216 g/mol. The summed E-state index contributed by atoms with van der Waals surface area (Å²) in [6, 6.07) is 0. The molecule has 0 bridgehead atoms. The van der Waals surface area contributed by atoms with E-state index in [1.807, 2.05) is 0 Å². The molecule has 0 aliphatic heterocycles. The van der Waals surface area contributed by atoms with Crippen molar-refractivity contribution in [1.82, 2.24) is 0 Å². The van der Waals surface area contributed by atoms with Crippen LogP contribution in [0.25, 0.3) is 0 Å². The number of methoxy groups -OCH3 is 2. The van der Waals surface area contributed by atoms with Crippen molar-refractivity contribution in [3.63, 3.8) is 0 Å². The summed E-state index contributed by atoms with van der Waals surface area (Å²) in [7, 11) is 2.62. The highest BCUT2D eigenvalue weighted by Gasteiger charge is 2.28. The van der Waals surface area contributed by atoms with E-state index in [1.165, 1.54) is 28.1 Å². The second kappa shape index (κ2) is 6.24.